The van der Waals surface area contributed by atoms with Crippen LogP contribution in [0.2, 0.25) is 0 Å². The first kappa shape index (κ1) is 17.8. The molecular formula is C21H32N4O. The van der Waals surface area contributed by atoms with Crippen LogP contribution in [0.4, 0.5) is 0 Å². The van der Waals surface area contributed by atoms with Crippen LogP contribution in [0.15, 0.2) is 29.3 Å². The zero-order valence-corrected chi connectivity index (χ0v) is 16.0. The topological polar surface area (TPSA) is 40.1 Å². The van der Waals surface area contributed by atoms with Crippen LogP contribution < -0.4 is 5.32 Å². The molecule has 0 unspecified atom stereocenters. The van der Waals surface area contributed by atoms with Crippen molar-refractivity contribution in [3.63, 3.8) is 0 Å². The molecule has 26 heavy (non-hydrogen) atoms. The minimum atomic E-state index is 0.603. The standard InChI is InChI=1S/C21H32N4O/c1-22-20(25-10-9-21(17-25)7-4-8-21)23-15-18-5-2-3-6-19(18)16-24-11-13-26-14-12-24/h2-3,5-6H,4,7-17H2,1H3,(H,22,23). The number of hydrogen-bond acceptors (Lipinski definition) is 3. The van der Waals surface area contributed by atoms with Crippen molar-refractivity contribution in [1.82, 2.24) is 15.1 Å². The molecule has 1 saturated carbocycles. The van der Waals surface area contributed by atoms with Gasteiger partial charge in [-0.3, -0.25) is 9.89 Å². The molecule has 0 bridgehead atoms. The third-order valence-corrected chi connectivity index (χ3v) is 6.42. The summed E-state index contributed by atoms with van der Waals surface area (Å²) in [5, 5.41) is 3.62. The molecule has 0 amide bonds. The van der Waals surface area contributed by atoms with E-state index in [0.717, 1.165) is 51.9 Å². The van der Waals surface area contributed by atoms with Crippen LogP contribution in [0.25, 0.3) is 0 Å². The zero-order valence-electron chi connectivity index (χ0n) is 16.0. The third-order valence-electron chi connectivity index (χ3n) is 6.42. The molecule has 1 aliphatic carbocycles. The fraction of sp³-hybridized carbons (Fsp3) is 0.667. The van der Waals surface area contributed by atoms with Crippen LogP contribution in [0, 0.1) is 5.41 Å². The molecule has 0 radical (unpaired) electrons. The van der Waals surface area contributed by atoms with E-state index in [9.17, 15) is 0 Å². The van der Waals surface area contributed by atoms with E-state index in [1.165, 1.54) is 43.4 Å². The van der Waals surface area contributed by atoms with Gasteiger partial charge >= 0.3 is 0 Å². The molecule has 2 saturated heterocycles. The SMILES string of the molecule is CN=C(NCc1ccccc1CN1CCOCC1)N1CCC2(CCC2)C1. The van der Waals surface area contributed by atoms with E-state index in [0.29, 0.717) is 5.41 Å². The van der Waals surface area contributed by atoms with Gasteiger partial charge in [0, 0.05) is 46.3 Å². The van der Waals surface area contributed by atoms with Gasteiger partial charge in [-0.1, -0.05) is 30.7 Å². The van der Waals surface area contributed by atoms with Crippen LogP contribution in [0.3, 0.4) is 0 Å². The summed E-state index contributed by atoms with van der Waals surface area (Å²) in [7, 11) is 1.91. The summed E-state index contributed by atoms with van der Waals surface area (Å²) in [5.41, 5.74) is 3.39. The van der Waals surface area contributed by atoms with Gasteiger partial charge in [0.15, 0.2) is 5.96 Å². The number of hydrogen-bond donors (Lipinski definition) is 1. The van der Waals surface area contributed by atoms with Crippen molar-refractivity contribution in [1.29, 1.82) is 0 Å². The van der Waals surface area contributed by atoms with Gasteiger partial charge in [0.05, 0.1) is 13.2 Å². The van der Waals surface area contributed by atoms with Crippen LogP contribution >= 0.6 is 0 Å². The second-order valence-electron chi connectivity index (χ2n) is 8.08. The molecule has 2 aliphatic heterocycles. The van der Waals surface area contributed by atoms with Crippen LogP contribution in [-0.4, -0.2) is 62.2 Å². The average molecular weight is 357 g/mol. The van der Waals surface area contributed by atoms with Crippen molar-refractivity contribution in [2.24, 2.45) is 10.4 Å². The first-order valence-electron chi connectivity index (χ1n) is 10.1. The number of aliphatic imine (C=N–C) groups is 1. The normalized spacial score (nSPS) is 23.3. The molecule has 5 heteroatoms. The number of ether oxygens (including phenoxy) is 1. The fourth-order valence-corrected chi connectivity index (χ4v) is 4.59. The fourth-order valence-electron chi connectivity index (χ4n) is 4.59. The first-order chi connectivity index (χ1) is 12.8. The first-order valence-corrected chi connectivity index (χ1v) is 10.1. The molecule has 2 heterocycles. The highest BCUT2D eigenvalue weighted by Crippen LogP contribution is 2.47. The molecule has 1 N–H and O–H groups in total. The van der Waals surface area contributed by atoms with E-state index in [1.807, 2.05) is 7.05 Å². The Morgan fingerprint density at radius 1 is 1.12 bits per heavy atom. The Labute approximate surface area is 157 Å². The highest BCUT2D eigenvalue weighted by Gasteiger charge is 2.43. The highest BCUT2D eigenvalue weighted by atomic mass is 16.5. The summed E-state index contributed by atoms with van der Waals surface area (Å²) < 4.78 is 5.47. The molecule has 1 aromatic rings. The molecule has 1 aromatic carbocycles. The van der Waals surface area contributed by atoms with E-state index in [-0.39, 0.29) is 0 Å². The summed E-state index contributed by atoms with van der Waals surface area (Å²) in [6.45, 7) is 7.94. The van der Waals surface area contributed by atoms with E-state index >= 15 is 0 Å². The molecule has 3 fully saturated rings. The van der Waals surface area contributed by atoms with Gasteiger partial charge in [-0.05, 0) is 35.8 Å². The summed E-state index contributed by atoms with van der Waals surface area (Å²) in [6.07, 6.45) is 5.56. The number of guanidine groups is 1. The maximum absolute atomic E-state index is 5.47. The number of morpholine rings is 1. The number of nitrogens with zero attached hydrogens (tertiary/aromatic N) is 3. The summed E-state index contributed by atoms with van der Waals surface area (Å²) in [6, 6.07) is 8.79. The van der Waals surface area contributed by atoms with Crippen molar-refractivity contribution in [3.05, 3.63) is 35.4 Å². The molecular weight excluding hydrogens is 324 g/mol. The predicted molar refractivity (Wildman–Crippen MR) is 105 cm³/mol. The predicted octanol–water partition coefficient (Wildman–Crippen LogP) is 2.47. The molecule has 1 spiro atoms. The lowest BCUT2D eigenvalue weighted by atomic mass is 9.68. The summed E-state index contributed by atoms with van der Waals surface area (Å²) >= 11 is 0. The second kappa shape index (κ2) is 7.97. The zero-order chi connectivity index (χ0) is 17.8. The lowest BCUT2D eigenvalue weighted by Gasteiger charge is -2.38. The average Bonchev–Trinajstić information content (AvgIpc) is 3.11. The smallest absolute Gasteiger partial charge is 0.193 e. The van der Waals surface area contributed by atoms with Crippen LogP contribution in [0.1, 0.15) is 36.8 Å². The lowest BCUT2D eigenvalue weighted by Crippen LogP contribution is -2.42. The Bertz CT molecular complexity index is 635. The molecule has 5 nitrogen and oxygen atoms in total. The van der Waals surface area contributed by atoms with Gasteiger partial charge < -0.3 is 15.0 Å². The van der Waals surface area contributed by atoms with Crippen molar-refractivity contribution >= 4 is 5.96 Å². The van der Waals surface area contributed by atoms with E-state index in [2.05, 4.69) is 44.4 Å². The lowest BCUT2D eigenvalue weighted by molar-refractivity contribution is 0.0341. The van der Waals surface area contributed by atoms with Crippen LogP contribution in [-0.2, 0) is 17.8 Å². The number of benzene rings is 1. The maximum atomic E-state index is 5.47. The molecule has 3 aliphatic rings. The maximum Gasteiger partial charge on any atom is 0.193 e. The van der Waals surface area contributed by atoms with E-state index in [1.54, 1.807) is 0 Å². The Kier molecular flexibility index (Phi) is 5.46. The van der Waals surface area contributed by atoms with Crippen LogP contribution in [0.5, 0.6) is 0 Å². The van der Waals surface area contributed by atoms with Gasteiger partial charge in [0.25, 0.3) is 0 Å². The molecule has 142 valence electrons. The minimum absolute atomic E-state index is 0.603. The molecule has 4 rings (SSSR count). The number of nitrogens with one attached hydrogen (secondary N) is 1. The van der Waals surface area contributed by atoms with Gasteiger partial charge in [0.1, 0.15) is 0 Å². The second-order valence-corrected chi connectivity index (χ2v) is 8.08. The van der Waals surface area contributed by atoms with Crippen molar-refractivity contribution in [2.75, 3.05) is 46.4 Å². The van der Waals surface area contributed by atoms with E-state index in [4.69, 9.17) is 4.74 Å². The van der Waals surface area contributed by atoms with Crippen molar-refractivity contribution in [3.8, 4) is 0 Å². The monoisotopic (exact) mass is 356 g/mol. The Morgan fingerprint density at radius 2 is 1.88 bits per heavy atom. The van der Waals surface area contributed by atoms with Crippen molar-refractivity contribution in [2.45, 2.75) is 38.8 Å². The van der Waals surface area contributed by atoms with E-state index < -0.39 is 0 Å². The number of rotatable bonds is 4. The quantitative estimate of drug-likeness (QED) is 0.665. The van der Waals surface area contributed by atoms with Gasteiger partial charge in [0.2, 0.25) is 0 Å². The number of likely N-dealkylation sites (tertiary alicyclic amines) is 1. The summed E-state index contributed by atoms with van der Waals surface area (Å²) in [4.78, 5) is 9.51. The minimum Gasteiger partial charge on any atom is -0.379 e. The summed E-state index contributed by atoms with van der Waals surface area (Å²) in [5.74, 6) is 1.06. The Morgan fingerprint density at radius 3 is 2.54 bits per heavy atom. The van der Waals surface area contributed by atoms with Gasteiger partial charge in [-0.2, -0.15) is 0 Å². The highest BCUT2D eigenvalue weighted by molar-refractivity contribution is 5.80. The van der Waals surface area contributed by atoms with Gasteiger partial charge in [-0.25, -0.2) is 0 Å². The molecule has 0 atom stereocenters. The molecule has 0 aromatic heterocycles. The van der Waals surface area contributed by atoms with Gasteiger partial charge in [-0.15, -0.1) is 0 Å². The largest absolute Gasteiger partial charge is 0.379 e. The Hall–Kier alpha value is -1.59. The van der Waals surface area contributed by atoms with Crippen molar-refractivity contribution < 1.29 is 4.74 Å². The third kappa shape index (κ3) is 3.89. The Balaban J connectivity index is 1.36.